The van der Waals surface area contributed by atoms with Crippen molar-refractivity contribution < 1.29 is 42.9 Å². The highest BCUT2D eigenvalue weighted by molar-refractivity contribution is 5.70. The van der Waals surface area contributed by atoms with Gasteiger partial charge in [0, 0.05) is 12.8 Å². The maximum atomic E-state index is 12.9. The van der Waals surface area contributed by atoms with Crippen molar-refractivity contribution in [2.75, 3.05) is 47.5 Å². The molecular formula is C70H131NO8. The molecule has 0 radical (unpaired) electrons. The summed E-state index contributed by atoms with van der Waals surface area (Å²) in [6.07, 6.45) is 73.7. The Bertz CT molecular complexity index is 1390. The van der Waals surface area contributed by atoms with Gasteiger partial charge in [0.2, 0.25) is 0 Å². The number of quaternary nitrogens is 1. The highest BCUT2D eigenvalue weighted by Crippen LogP contribution is 2.18. The number of carbonyl (C=O) groups excluding carboxylic acids is 3. The van der Waals surface area contributed by atoms with E-state index in [0.29, 0.717) is 17.4 Å². The molecule has 0 saturated carbocycles. The molecule has 0 amide bonds. The monoisotopic (exact) mass is 1110 g/mol. The van der Waals surface area contributed by atoms with Crippen molar-refractivity contribution in [2.24, 2.45) is 0 Å². The van der Waals surface area contributed by atoms with Crippen LogP contribution in [-0.4, -0.2) is 82.3 Å². The van der Waals surface area contributed by atoms with Gasteiger partial charge in [-0.15, -0.1) is 0 Å². The van der Waals surface area contributed by atoms with Crippen LogP contribution in [0.3, 0.4) is 0 Å². The molecule has 0 bridgehead atoms. The molecule has 0 heterocycles. The van der Waals surface area contributed by atoms with Gasteiger partial charge in [0.1, 0.15) is 13.2 Å². The molecule has 0 saturated heterocycles. The number of allylic oxidation sites excluding steroid dienone is 6. The molecule has 0 aromatic heterocycles. The second-order valence-corrected chi connectivity index (χ2v) is 24.5. The molecule has 2 unspecified atom stereocenters. The van der Waals surface area contributed by atoms with Crippen molar-refractivity contribution in [3.63, 3.8) is 0 Å². The molecule has 0 spiro atoms. The molecule has 9 nitrogen and oxygen atoms in total. The van der Waals surface area contributed by atoms with Crippen molar-refractivity contribution in [1.29, 1.82) is 0 Å². The fourth-order valence-corrected chi connectivity index (χ4v) is 10.1. The third-order valence-electron chi connectivity index (χ3n) is 15.4. The first-order valence-electron chi connectivity index (χ1n) is 34.1. The molecule has 464 valence electrons. The summed E-state index contributed by atoms with van der Waals surface area (Å²) in [5.41, 5.74) is 0. The molecule has 9 heteroatoms. The maximum Gasteiger partial charge on any atom is 0.306 e. The summed E-state index contributed by atoms with van der Waals surface area (Å²) in [4.78, 5) is 37.4. The van der Waals surface area contributed by atoms with Gasteiger partial charge in [-0.05, 0) is 70.6 Å². The summed E-state index contributed by atoms with van der Waals surface area (Å²) in [7, 11) is 5.94. The molecule has 0 rings (SSSR count). The third-order valence-corrected chi connectivity index (χ3v) is 15.4. The minimum Gasteiger partial charge on any atom is -0.545 e. The lowest BCUT2D eigenvalue weighted by atomic mass is 10.0. The lowest BCUT2D eigenvalue weighted by molar-refractivity contribution is -0.870. The number of hydrogen-bond donors (Lipinski definition) is 0. The molecular weight excluding hydrogens is 983 g/mol. The lowest BCUT2D eigenvalue weighted by Crippen LogP contribution is -2.44. The van der Waals surface area contributed by atoms with Gasteiger partial charge >= 0.3 is 11.9 Å². The maximum absolute atomic E-state index is 12.9. The molecule has 0 aliphatic carbocycles. The van der Waals surface area contributed by atoms with Gasteiger partial charge in [0.15, 0.2) is 12.4 Å². The molecule has 0 aromatic carbocycles. The molecule has 0 N–H and O–H groups in total. The van der Waals surface area contributed by atoms with E-state index in [1.54, 1.807) is 0 Å². The van der Waals surface area contributed by atoms with Crippen LogP contribution in [0.25, 0.3) is 0 Å². The highest BCUT2D eigenvalue weighted by atomic mass is 16.7. The van der Waals surface area contributed by atoms with Crippen LogP contribution < -0.4 is 5.11 Å². The minimum absolute atomic E-state index is 0.150. The molecule has 0 fully saturated rings. The first-order chi connectivity index (χ1) is 38.6. The van der Waals surface area contributed by atoms with Gasteiger partial charge in [-0.25, -0.2) is 0 Å². The largest absolute Gasteiger partial charge is 0.545 e. The van der Waals surface area contributed by atoms with Crippen molar-refractivity contribution >= 4 is 17.9 Å². The van der Waals surface area contributed by atoms with Crippen molar-refractivity contribution in [2.45, 2.75) is 347 Å². The Balaban J connectivity index is 4.06. The standard InChI is InChI=1S/C70H131NO8/c1-6-8-10-12-14-16-18-20-22-24-26-28-29-30-31-32-33-34-35-36-37-38-39-41-43-45-47-49-51-53-55-57-59-61-68(73)79-66(65-78-70(69(74)75)76-63-62-71(3,4)5)64-77-67(72)60-58-56-54-52-50-48-46-44-42-40-27-25-23-21-19-17-15-13-11-9-7-2/h18,20,24-27,66,70H,6-17,19,21-23,28-65H2,1-5H3/b20-18-,26-24-,27-25-. The van der Waals surface area contributed by atoms with E-state index in [4.69, 9.17) is 18.9 Å². The van der Waals surface area contributed by atoms with E-state index in [1.807, 2.05) is 21.1 Å². The number of aliphatic carboxylic acids is 1. The number of ether oxygens (including phenoxy) is 4. The van der Waals surface area contributed by atoms with E-state index in [-0.39, 0.29) is 32.2 Å². The Morgan fingerprint density at radius 1 is 0.380 bits per heavy atom. The second-order valence-electron chi connectivity index (χ2n) is 24.5. The summed E-state index contributed by atoms with van der Waals surface area (Å²) >= 11 is 0. The Morgan fingerprint density at radius 2 is 0.684 bits per heavy atom. The molecule has 0 aliphatic rings. The van der Waals surface area contributed by atoms with Gasteiger partial charge in [0.05, 0.1) is 40.3 Å². The zero-order valence-corrected chi connectivity index (χ0v) is 53.0. The molecule has 79 heavy (non-hydrogen) atoms. The van der Waals surface area contributed by atoms with E-state index < -0.39 is 24.3 Å². The number of likely N-dealkylation sites (N-methyl/N-ethyl adjacent to an activating group) is 1. The van der Waals surface area contributed by atoms with Crippen LogP contribution in [0.4, 0.5) is 0 Å². The predicted molar refractivity (Wildman–Crippen MR) is 334 cm³/mol. The summed E-state index contributed by atoms with van der Waals surface area (Å²) in [6.45, 7) is 4.79. The fraction of sp³-hybridized carbons (Fsp3) is 0.871. The quantitative estimate of drug-likeness (QED) is 0.0195. The Kier molecular flexibility index (Phi) is 59.6. The minimum atomic E-state index is -1.62. The Labute approximate surface area is 490 Å². The van der Waals surface area contributed by atoms with Crippen molar-refractivity contribution in [1.82, 2.24) is 0 Å². The van der Waals surface area contributed by atoms with Gasteiger partial charge in [-0.3, -0.25) is 9.59 Å². The van der Waals surface area contributed by atoms with Gasteiger partial charge in [-0.1, -0.05) is 288 Å². The van der Waals surface area contributed by atoms with E-state index in [2.05, 4.69) is 50.3 Å². The number of carboxylic acids is 1. The van der Waals surface area contributed by atoms with Crippen LogP contribution in [-0.2, 0) is 33.3 Å². The SMILES string of the molecule is CCCCCCC/C=C\C/C=C\CCCCCCCCCCCCCCCCCCCCCCCC(=O)OC(COC(=O)CCCCCCCCCCC/C=C\CCCCCCCCCC)COC(OCC[N+](C)(C)C)C(=O)[O-]. The van der Waals surface area contributed by atoms with Crippen LogP contribution in [0, 0.1) is 0 Å². The summed E-state index contributed by atoms with van der Waals surface area (Å²) in [6, 6.07) is 0. The number of carbonyl (C=O) groups is 3. The van der Waals surface area contributed by atoms with Gasteiger partial charge < -0.3 is 33.3 Å². The Morgan fingerprint density at radius 3 is 1.01 bits per heavy atom. The summed E-state index contributed by atoms with van der Waals surface area (Å²) in [5, 5.41) is 11.8. The number of carboxylic acid groups (broad SMARTS) is 1. The van der Waals surface area contributed by atoms with Crippen LogP contribution >= 0.6 is 0 Å². The predicted octanol–water partition coefficient (Wildman–Crippen LogP) is 19.5. The second kappa shape index (κ2) is 61.6. The first-order valence-corrected chi connectivity index (χ1v) is 34.1. The van der Waals surface area contributed by atoms with E-state index in [9.17, 15) is 19.5 Å². The zero-order chi connectivity index (χ0) is 57.6. The van der Waals surface area contributed by atoms with Crippen LogP contribution in [0.2, 0.25) is 0 Å². The fourth-order valence-electron chi connectivity index (χ4n) is 10.1. The number of esters is 2. The van der Waals surface area contributed by atoms with Gasteiger partial charge in [0.25, 0.3) is 0 Å². The average Bonchev–Trinajstić information content (AvgIpc) is 3.42. The first kappa shape index (κ1) is 76.5. The van der Waals surface area contributed by atoms with Crippen LogP contribution in [0.15, 0.2) is 36.5 Å². The van der Waals surface area contributed by atoms with E-state index in [0.717, 1.165) is 44.9 Å². The van der Waals surface area contributed by atoms with Crippen LogP contribution in [0.1, 0.15) is 335 Å². The van der Waals surface area contributed by atoms with Gasteiger partial charge in [-0.2, -0.15) is 0 Å². The Hall–Kier alpha value is -2.49. The highest BCUT2D eigenvalue weighted by Gasteiger charge is 2.22. The smallest absolute Gasteiger partial charge is 0.306 e. The third kappa shape index (κ3) is 63.0. The topological polar surface area (TPSA) is 111 Å². The van der Waals surface area contributed by atoms with Crippen LogP contribution in [0.5, 0.6) is 0 Å². The molecule has 0 aliphatic heterocycles. The average molecular weight is 1110 g/mol. The van der Waals surface area contributed by atoms with E-state index >= 15 is 0 Å². The normalized spacial score (nSPS) is 12.9. The van der Waals surface area contributed by atoms with Crippen molar-refractivity contribution in [3.05, 3.63) is 36.5 Å². The van der Waals surface area contributed by atoms with E-state index in [1.165, 1.54) is 263 Å². The summed E-state index contributed by atoms with van der Waals surface area (Å²) < 4.78 is 22.8. The molecule has 2 atom stereocenters. The number of nitrogens with zero attached hydrogens (tertiary/aromatic N) is 1. The lowest BCUT2D eigenvalue weighted by Gasteiger charge is -2.26. The van der Waals surface area contributed by atoms with Crippen molar-refractivity contribution in [3.8, 4) is 0 Å². The zero-order valence-electron chi connectivity index (χ0n) is 53.0. The summed E-state index contributed by atoms with van der Waals surface area (Å²) in [5.74, 6) is -2.26. The number of unbranched alkanes of at least 4 members (excludes halogenated alkanes) is 43. The number of hydrogen-bond acceptors (Lipinski definition) is 8. The number of rotatable bonds is 64. The molecule has 0 aromatic rings.